The molecule has 0 bridgehead atoms. The maximum absolute atomic E-state index is 12.0. The van der Waals surface area contributed by atoms with E-state index in [1.54, 1.807) is 12.1 Å². The van der Waals surface area contributed by atoms with Crippen molar-refractivity contribution in [1.82, 2.24) is 4.98 Å². The molecule has 1 aromatic heterocycles. The fourth-order valence-electron chi connectivity index (χ4n) is 1.09. The van der Waals surface area contributed by atoms with Crippen molar-refractivity contribution in [3.8, 4) is 5.75 Å². The highest BCUT2D eigenvalue weighted by Crippen LogP contribution is 2.27. The number of hydrogen-bond donors (Lipinski definition) is 0. The van der Waals surface area contributed by atoms with E-state index in [0.717, 1.165) is 0 Å². The molecule has 0 radical (unpaired) electrons. The summed E-state index contributed by atoms with van der Waals surface area (Å²) in [5.41, 5.74) is 0.754. The van der Waals surface area contributed by atoms with Crippen LogP contribution in [-0.2, 0) is 0 Å². The van der Waals surface area contributed by atoms with E-state index in [9.17, 15) is 8.78 Å². The summed E-state index contributed by atoms with van der Waals surface area (Å²) in [6.45, 7) is -2.86. The van der Waals surface area contributed by atoms with Crippen molar-refractivity contribution in [2.45, 2.75) is 6.61 Å². The van der Waals surface area contributed by atoms with Crippen LogP contribution in [0.5, 0.6) is 5.75 Å². The van der Waals surface area contributed by atoms with Gasteiger partial charge < -0.3 is 9.15 Å². The first-order valence-corrected chi connectivity index (χ1v) is 4.74. The van der Waals surface area contributed by atoms with Crippen LogP contribution in [0.3, 0.4) is 0 Å². The van der Waals surface area contributed by atoms with Gasteiger partial charge in [0, 0.05) is 22.6 Å². The van der Waals surface area contributed by atoms with Gasteiger partial charge in [0.2, 0.25) is 0 Å². The fraction of sp³-hybridized carbons (Fsp3) is 0.125. The van der Waals surface area contributed by atoms with Crippen molar-refractivity contribution in [3.05, 3.63) is 22.1 Å². The molecule has 0 aliphatic carbocycles. The Balaban J connectivity index is 2.53. The maximum Gasteiger partial charge on any atom is 0.387 e. The zero-order chi connectivity index (χ0) is 10.1. The summed E-state index contributed by atoms with van der Waals surface area (Å²) in [5, 5.41) is 0. The van der Waals surface area contributed by atoms with Gasteiger partial charge in [0.15, 0.2) is 11.3 Å². The monoisotopic (exact) mass is 311 g/mol. The van der Waals surface area contributed by atoms with E-state index in [0.29, 0.717) is 9.41 Å². The molecule has 0 fully saturated rings. The Morgan fingerprint density at radius 2 is 2.21 bits per heavy atom. The summed E-state index contributed by atoms with van der Waals surface area (Å²) in [4.78, 5) is 3.98. The van der Waals surface area contributed by atoms with Gasteiger partial charge in [-0.05, 0) is 12.1 Å². The molecule has 0 atom stereocenters. The SMILES string of the molecule is FC(F)Oc1cccc2nc(I)oc12. The number of para-hydroxylation sites is 1. The van der Waals surface area contributed by atoms with E-state index >= 15 is 0 Å². The first-order valence-electron chi connectivity index (χ1n) is 3.66. The van der Waals surface area contributed by atoms with Crippen molar-refractivity contribution in [1.29, 1.82) is 0 Å². The third kappa shape index (κ3) is 1.79. The summed E-state index contributed by atoms with van der Waals surface area (Å²) < 4.78 is 33.7. The molecule has 0 aliphatic heterocycles. The smallest absolute Gasteiger partial charge is 0.387 e. The number of oxazole rings is 1. The molecule has 6 heteroatoms. The number of halogens is 3. The lowest BCUT2D eigenvalue weighted by atomic mass is 10.3. The van der Waals surface area contributed by atoms with Crippen LogP contribution in [0.4, 0.5) is 8.78 Å². The quantitative estimate of drug-likeness (QED) is 0.800. The number of aromatic nitrogens is 1. The topological polar surface area (TPSA) is 35.3 Å². The van der Waals surface area contributed by atoms with Crippen molar-refractivity contribution >= 4 is 33.7 Å². The average Bonchev–Trinajstić information content (AvgIpc) is 2.45. The second-order valence-electron chi connectivity index (χ2n) is 2.45. The van der Waals surface area contributed by atoms with Crippen LogP contribution in [-0.4, -0.2) is 11.6 Å². The van der Waals surface area contributed by atoms with Gasteiger partial charge in [-0.15, -0.1) is 0 Å². The minimum Gasteiger partial charge on any atom is -0.431 e. The number of nitrogens with zero attached hydrogens (tertiary/aromatic N) is 1. The third-order valence-corrected chi connectivity index (χ3v) is 2.03. The van der Waals surface area contributed by atoms with E-state index < -0.39 is 6.61 Å². The molecule has 2 aromatic rings. The van der Waals surface area contributed by atoms with Crippen molar-refractivity contribution in [3.63, 3.8) is 0 Å². The summed E-state index contributed by atoms with van der Waals surface area (Å²) in [6.07, 6.45) is 0. The van der Waals surface area contributed by atoms with Crippen molar-refractivity contribution in [2.75, 3.05) is 0 Å². The molecule has 0 saturated heterocycles. The van der Waals surface area contributed by atoms with Gasteiger partial charge in [-0.3, -0.25) is 0 Å². The number of benzene rings is 1. The lowest BCUT2D eigenvalue weighted by Gasteiger charge is -2.02. The predicted molar refractivity (Wildman–Crippen MR) is 53.4 cm³/mol. The molecule has 0 aliphatic rings. The lowest BCUT2D eigenvalue weighted by molar-refractivity contribution is -0.0494. The largest absolute Gasteiger partial charge is 0.431 e. The van der Waals surface area contributed by atoms with Crippen LogP contribution < -0.4 is 4.74 Å². The van der Waals surface area contributed by atoms with Crippen LogP contribution >= 0.6 is 22.6 Å². The zero-order valence-corrected chi connectivity index (χ0v) is 8.86. The average molecular weight is 311 g/mol. The summed E-state index contributed by atoms with van der Waals surface area (Å²) in [7, 11) is 0. The summed E-state index contributed by atoms with van der Waals surface area (Å²) >= 11 is 1.86. The van der Waals surface area contributed by atoms with Crippen LogP contribution in [0.2, 0.25) is 0 Å². The second kappa shape index (κ2) is 3.68. The highest BCUT2D eigenvalue weighted by Gasteiger charge is 2.12. The number of alkyl halides is 2. The summed E-state index contributed by atoms with van der Waals surface area (Å²) in [6, 6.07) is 4.66. The molecule has 0 amide bonds. The molecular weight excluding hydrogens is 307 g/mol. The van der Waals surface area contributed by atoms with Crippen LogP contribution in [0.1, 0.15) is 0 Å². The van der Waals surface area contributed by atoms with Crippen molar-refractivity contribution < 1.29 is 17.9 Å². The van der Waals surface area contributed by atoms with E-state index in [1.807, 2.05) is 22.6 Å². The highest BCUT2D eigenvalue weighted by atomic mass is 127. The minimum atomic E-state index is -2.86. The Kier molecular flexibility index (Phi) is 2.53. The van der Waals surface area contributed by atoms with Gasteiger partial charge in [-0.25, -0.2) is 4.98 Å². The molecule has 0 unspecified atom stereocenters. The Morgan fingerprint density at radius 1 is 1.43 bits per heavy atom. The van der Waals surface area contributed by atoms with E-state index in [-0.39, 0.29) is 11.3 Å². The van der Waals surface area contributed by atoms with Gasteiger partial charge in [-0.2, -0.15) is 8.78 Å². The van der Waals surface area contributed by atoms with Gasteiger partial charge in [-0.1, -0.05) is 6.07 Å². The molecule has 1 aromatic carbocycles. The number of rotatable bonds is 2. The first kappa shape index (κ1) is 9.63. The molecule has 2 rings (SSSR count). The molecule has 0 spiro atoms. The van der Waals surface area contributed by atoms with Gasteiger partial charge >= 0.3 is 6.61 Å². The Bertz CT molecular complexity index is 458. The van der Waals surface area contributed by atoms with Crippen LogP contribution in [0.15, 0.2) is 22.6 Å². The van der Waals surface area contributed by atoms with Gasteiger partial charge in [0.1, 0.15) is 5.52 Å². The molecular formula is C8H4F2INO2. The Hall–Kier alpha value is -0.920. The number of fused-ring (bicyclic) bond motifs is 1. The number of hydrogen-bond acceptors (Lipinski definition) is 3. The third-order valence-electron chi connectivity index (χ3n) is 1.57. The Labute approximate surface area is 91.2 Å². The lowest BCUT2D eigenvalue weighted by Crippen LogP contribution is -2.01. The minimum absolute atomic E-state index is 0.00733. The second-order valence-corrected chi connectivity index (χ2v) is 3.37. The molecule has 0 saturated carbocycles. The van der Waals surface area contributed by atoms with Crippen molar-refractivity contribution in [2.24, 2.45) is 0 Å². The predicted octanol–water partition coefficient (Wildman–Crippen LogP) is 3.03. The Morgan fingerprint density at radius 3 is 2.93 bits per heavy atom. The molecule has 1 heterocycles. The van der Waals surface area contributed by atoms with E-state index in [1.165, 1.54) is 6.07 Å². The van der Waals surface area contributed by atoms with Gasteiger partial charge in [0.25, 0.3) is 3.90 Å². The van der Waals surface area contributed by atoms with Crippen LogP contribution in [0, 0.1) is 3.90 Å². The fourth-order valence-corrected chi connectivity index (χ4v) is 1.57. The molecule has 0 N–H and O–H groups in total. The standard InChI is InChI=1S/C8H4F2INO2/c9-7(10)13-5-3-1-2-4-6(5)14-8(11)12-4/h1-3,7H. The highest BCUT2D eigenvalue weighted by molar-refractivity contribution is 14.1. The zero-order valence-electron chi connectivity index (χ0n) is 6.71. The van der Waals surface area contributed by atoms with E-state index in [2.05, 4.69) is 9.72 Å². The molecule has 14 heavy (non-hydrogen) atoms. The normalized spacial score (nSPS) is 11.1. The van der Waals surface area contributed by atoms with Crippen LogP contribution in [0.25, 0.3) is 11.1 Å². The van der Waals surface area contributed by atoms with E-state index in [4.69, 9.17) is 4.42 Å². The number of ether oxygens (including phenoxy) is 1. The summed E-state index contributed by atoms with van der Waals surface area (Å²) in [5.74, 6) is 0.00733. The molecule has 3 nitrogen and oxygen atoms in total. The maximum atomic E-state index is 12.0. The molecule has 74 valence electrons. The first-order chi connectivity index (χ1) is 6.66. The van der Waals surface area contributed by atoms with Gasteiger partial charge in [0.05, 0.1) is 0 Å².